The van der Waals surface area contributed by atoms with Crippen LogP contribution < -0.4 is 10.6 Å². The summed E-state index contributed by atoms with van der Waals surface area (Å²) in [5.74, 6) is 0.905. The molecule has 2 N–H and O–H groups in total. The molecule has 1 aromatic carbocycles. The van der Waals surface area contributed by atoms with Gasteiger partial charge < -0.3 is 10.6 Å². The number of benzene rings is 1. The summed E-state index contributed by atoms with van der Waals surface area (Å²) in [7, 11) is 0. The van der Waals surface area contributed by atoms with Crippen LogP contribution in [0, 0.1) is 0 Å². The third kappa shape index (κ3) is 6.35. The Hall–Kier alpha value is -2.81. The highest BCUT2D eigenvalue weighted by molar-refractivity contribution is 8.00. The number of halogens is 3. The van der Waals surface area contributed by atoms with E-state index in [0.717, 1.165) is 12.0 Å². The third-order valence-corrected chi connectivity index (χ3v) is 4.73. The fourth-order valence-corrected chi connectivity index (χ4v) is 3.08. The van der Waals surface area contributed by atoms with Gasteiger partial charge >= 0.3 is 5.51 Å². The Labute approximate surface area is 171 Å². The maximum Gasteiger partial charge on any atom is 0.446 e. The average molecular weight is 419 g/mol. The Kier molecular flexibility index (Phi) is 6.58. The number of nitrogens with one attached hydrogen (secondary N) is 2. The minimum Gasteiger partial charge on any atom is -0.352 e. The minimum absolute atomic E-state index is 0.0991. The van der Waals surface area contributed by atoms with E-state index in [-0.39, 0.29) is 22.7 Å². The number of alkyl halides is 3. The lowest BCUT2D eigenvalue weighted by Crippen LogP contribution is -2.16. The van der Waals surface area contributed by atoms with Gasteiger partial charge in [0.2, 0.25) is 5.95 Å². The molecule has 0 aliphatic rings. The van der Waals surface area contributed by atoms with Gasteiger partial charge in [0, 0.05) is 40.6 Å². The predicted molar refractivity (Wildman–Crippen MR) is 110 cm³/mol. The molecule has 0 radical (unpaired) electrons. The van der Waals surface area contributed by atoms with Gasteiger partial charge in [-0.25, -0.2) is 4.98 Å². The molecule has 3 aromatic rings. The number of hydrogen-bond donors (Lipinski definition) is 2. The molecule has 0 aliphatic carbocycles. The zero-order valence-corrected chi connectivity index (χ0v) is 16.7. The molecule has 3 rings (SSSR count). The van der Waals surface area contributed by atoms with Crippen molar-refractivity contribution in [1.29, 1.82) is 0 Å². The SMILES string of the molecule is CC[C@@H](C)Nc1nc(Nc2cccc(SC(F)(F)F)c2)cc(-c2cccnc2)n1. The summed E-state index contributed by atoms with van der Waals surface area (Å²) >= 11 is -0.153. The number of nitrogens with zero attached hydrogens (tertiary/aromatic N) is 3. The Morgan fingerprint density at radius 3 is 2.62 bits per heavy atom. The lowest BCUT2D eigenvalue weighted by Gasteiger charge is -2.15. The van der Waals surface area contributed by atoms with Crippen LogP contribution in [0.15, 0.2) is 59.8 Å². The molecule has 0 saturated heterocycles. The molecule has 0 bridgehead atoms. The molecule has 0 aliphatic heterocycles. The summed E-state index contributed by atoms with van der Waals surface area (Å²) in [5.41, 5.74) is -2.37. The van der Waals surface area contributed by atoms with Crippen LogP contribution >= 0.6 is 11.8 Å². The highest BCUT2D eigenvalue weighted by Gasteiger charge is 2.29. The maximum atomic E-state index is 12.7. The molecule has 0 saturated carbocycles. The summed E-state index contributed by atoms with van der Waals surface area (Å²) in [6.07, 6.45) is 4.26. The first-order chi connectivity index (χ1) is 13.8. The molecule has 0 amide bonds. The monoisotopic (exact) mass is 419 g/mol. The first kappa shape index (κ1) is 20.9. The van der Waals surface area contributed by atoms with E-state index in [0.29, 0.717) is 23.1 Å². The molecule has 0 fully saturated rings. The van der Waals surface area contributed by atoms with Crippen molar-refractivity contribution in [3.63, 3.8) is 0 Å². The highest BCUT2D eigenvalue weighted by Crippen LogP contribution is 2.37. The van der Waals surface area contributed by atoms with Gasteiger partial charge in [-0.2, -0.15) is 18.2 Å². The Morgan fingerprint density at radius 1 is 1.10 bits per heavy atom. The van der Waals surface area contributed by atoms with E-state index in [4.69, 9.17) is 0 Å². The molecule has 0 spiro atoms. The average Bonchev–Trinajstić information content (AvgIpc) is 2.67. The van der Waals surface area contributed by atoms with E-state index in [9.17, 15) is 13.2 Å². The van der Waals surface area contributed by atoms with Gasteiger partial charge in [-0.05, 0) is 55.4 Å². The van der Waals surface area contributed by atoms with Crippen molar-refractivity contribution in [3.05, 3.63) is 54.9 Å². The molecule has 0 unspecified atom stereocenters. The quantitative estimate of drug-likeness (QED) is 0.451. The number of thioether (sulfide) groups is 1. The van der Waals surface area contributed by atoms with Crippen LogP contribution in [0.2, 0.25) is 0 Å². The van der Waals surface area contributed by atoms with Crippen LogP contribution in [0.5, 0.6) is 0 Å². The number of aromatic nitrogens is 3. The van der Waals surface area contributed by atoms with Crippen molar-refractivity contribution in [1.82, 2.24) is 15.0 Å². The van der Waals surface area contributed by atoms with E-state index in [1.807, 2.05) is 26.0 Å². The Morgan fingerprint density at radius 2 is 1.93 bits per heavy atom. The van der Waals surface area contributed by atoms with E-state index >= 15 is 0 Å². The molecule has 29 heavy (non-hydrogen) atoms. The van der Waals surface area contributed by atoms with Crippen LogP contribution in [-0.2, 0) is 0 Å². The fourth-order valence-electron chi connectivity index (χ4n) is 2.48. The summed E-state index contributed by atoms with van der Waals surface area (Å²) in [4.78, 5) is 13.2. The van der Waals surface area contributed by atoms with E-state index in [1.54, 1.807) is 30.6 Å². The molecular formula is C20H20F3N5S. The van der Waals surface area contributed by atoms with Crippen molar-refractivity contribution in [2.45, 2.75) is 36.7 Å². The smallest absolute Gasteiger partial charge is 0.352 e. The Balaban J connectivity index is 1.92. The third-order valence-electron chi connectivity index (χ3n) is 4.01. The number of anilines is 3. The van der Waals surface area contributed by atoms with Crippen LogP contribution in [0.1, 0.15) is 20.3 Å². The first-order valence-corrected chi connectivity index (χ1v) is 9.83. The molecule has 2 aromatic heterocycles. The van der Waals surface area contributed by atoms with Gasteiger partial charge in [-0.1, -0.05) is 13.0 Å². The van der Waals surface area contributed by atoms with Gasteiger partial charge in [0.1, 0.15) is 5.82 Å². The van der Waals surface area contributed by atoms with Crippen LogP contribution in [0.25, 0.3) is 11.3 Å². The highest BCUT2D eigenvalue weighted by atomic mass is 32.2. The second kappa shape index (κ2) is 9.13. The van der Waals surface area contributed by atoms with Gasteiger partial charge in [0.05, 0.1) is 5.69 Å². The van der Waals surface area contributed by atoms with Crippen molar-refractivity contribution in [2.75, 3.05) is 10.6 Å². The molecule has 152 valence electrons. The summed E-state index contributed by atoms with van der Waals surface area (Å²) in [6.45, 7) is 4.07. The zero-order valence-electron chi connectivity index (χ0n) is 15.9. The van der Waals surface area contributed by atoms with Crippen molar-refractivity contribution in [3.8, 4) is 11.3 Å². The minimum atomic E-state index is -4.34. The summed E-state index contributed by atoms with van der Waals surface area (Å²) < 4.78 is 38.0. The molecule has 1 atom stereocenters. The fraction of sp³-hybridized carbons (Fsp3) is 0.250. The largest absolute Gasteiger partial charge is 0.446 e. The van der Waals surface area contributed by atoms with E-state index in [2.05, 4.69) is 25.6 Å². The van der Waals surface area contributed by atoms with Gasteiger partial charge in [-0.3, -0.25) is 4.98 Å². The van der Waals surface area contributed by atoms with Crippen LogP contribution in [0.3, 0.4) is 0 Å². The maximum absolute atomic E-state index is 12.7. The number of pyridine rings is 1. The number of rotatable bonds is 7. The van der Waals surface area contributed by atoms with Crippen LogP contribution in [-0.4, -0.2) is 26.5 Å². The second-order valence-electron chi connectivity index (χ2n) is 6.36. The first-order valence-electron chi connectivity index (χ1n) is 9.01. The summed E-state index contributed by atoms with van der Waals surface area (Å²) in [5, 5.41) is 6.31. The Bertz CT molecular complexity index is 950. The lowest BCUT2D eigenvalue weighted by atomic mass is 10.2. The topological polar surface area (TPSA) is 62.7 Å². The molecule has 2 heterocycles. The van der Waals surface area contributed by atoms with Crippen molar-refractivity contribution < 1.29 is 13.2 Å². The van der Waals surface area contributed by atoms with Crippen molar-refractivity contribution in [2.24, 2.45) is 0 Å². The van der Waals surface area contributed by atoms with Gasteiger partial charge in [0.15, 0.2) is 0 Å². The van der Waals surface area contributed by atoms with Crippen molar-refractivity contribution >= 4 is 29.2 Å². The zero-order chi connectivity index (χ0) is 20.9. The van der Waals surface area contributed by atoms with E-state index < -0.39 is 5.51 Å². The molecular weight excluding hydrogens is 399 g/mol. The van der Waals surface area contributed by atoms with Gasteiger partial charge in [0.25, 0.3) is 0 Å². The van der Waals surface area contributed by atoms with Crippen LogP contribution in [0.4, 0.5) is 30.6 Å². The normalized spacial score (nSPS) is 12.4. The number of hydrogen-bond acceptors (Lipinski definition) is 6. The summed E-state index contributed by atoms with van der Waals surface area (Å²) in [6, 6.07) is 11.7. The van der Waals surface area contributed by atoms with Gasteiger partial charge in [-0.15, -0.1) is 0 Å². The second-order valence-corrected chi connectivity index (χ2v) is 7.50. The van der Waals surface area contributed by atoms with E-state index in [1.165, 1.54) is 12.1 Å². The molecule has 5 nitrogen and oxygen atoms in total. The standard InChI is InChI=1S/C20H20F3N5S/c1-3-13(2)25-19-27-17(14-6-5-9-24-12-14)11-18(28-19)26-15-7-4-8-16(10-15)29-20(21,22)23/h4-13H,3H2,1-2H3,(H2,25,26,27,28)/t13-/m1/s1. The lowest BCUT2D eigenvalue weighted by molar-refractivity contribution is -0.0328. The predicted octanol–water partition coefficient (Wildman–Crippen LogP) is 6.10. The molecule has 9 heteroatoms.